The van der Waals surface area contributed by atoms with Gasteiger partial charge in [0.2, 0.25) is 10.0 Å². The van der Waals surface area contributed by atoms with E-state index in [4.69, 9.17) is 16.3 Å². The molecule has 2 aliphatic carbocycles. The van der Waals surface area contributed by atoms with Gasteiger partial charge < -0.3 is 14.7 Å². The molecule has 2 aromatic carbocycles. The zero-order valence-corrected chi connectivity index (χ0v) is 28.9. The first-order valence-corrected chi connectivity index (χ1v) is 20.0. The Bertz CT molecular complexity index is 1780. The van der Waals surface area contributed by atoms with E-state index >= 15 is 0 Å². The van der Waals surface area contributed by atoms with Crippen LogP contribution in [0.2, 0.25) is 5.02 Å². The van der Waals surface area contributed by atoms with Crippen LogP contribution in [0, 0.1) is 17.8 Å². The third-order valence-electron chi connectivity index (χ3n) is 10.7. The van der Waals surface area contributed by atoms with Gasteiger partial charge in [-0.15, -0.1) is 0 Å². The number of carbonyl (C=O) groups excluding carboxylic acids is 1. The molecule has 2 bridgehead atoms. The Labute approximate surface area is 277 Å². The lowest BCUT2D eigenvalue weighted by Crippen LogP contribution is -2.54. The Morgan fingerprint density at radius 1 is 1.15 bits per heavy atom. The van der Waals surface area contributed by atoms with Crippen molar-refractivity contribution in [2.24, 2.45) is 17.8 Å². The normalized spacial score (nSPS) is 33.4. The number of benzene rings is 2. The van der Waals surface area contributed by atoms with Crippen molar-refractivity contribution in [3.05, 3.63) is 70.3 Å². The highest BCUT2D eigenvalue weighted by Crippen LogP contribution is 2.48. The number of allylic oxidation sites excluding steroid dienone is 1. The lowest BCUT2D eigenvalue weighted by atomic mass is 9.64. The van der Waals surface area contributed by atoms with Crippen LogP contribution in [0.25, 0.3) is 0 Å². The highest BCUT2D eigenvalue weighted by atomic mass is 35.5. The van der Waals surface area contributed by atoms with E-state index in [1.807, 2.05) is 12.1 Å². The van der Waals surface area contributed by atoms with Crippen molar-refractivity contribution in [2.75, 3.05) is 36.6 Å². The molecule has 4 aliphatic rings. The van der Waals surface area contributed by atoms with Crippen molar-refractivity contribution < 1.29 is 31.5 Å². The number of sulfone groups is 1. The molecule has 9 nitrogen and oxygen atoms in total. The zero-order valence-electron chi connectivity index (χ0n) is 26.5. The molecule has 0 aromatic heterocycles. The van der Waals surface area contributed by atoms with Crippen molar-refractivity contribution in [3.63, 3.8) is 0 Å². The van der Waals surface area contributed by atoms with Crippen LogP contribution in [0.1, 0.15) is 67.4 Å². The maximum Gasteiger partial charge on any atom is 0.264 e. The van der Waals surface area contributed by atoms with Crippen molar-refractivity contribution in [1.29, 1.82) is 0 Å². The summed E-state index contributed by atoms with van der Waals surface area (Å²) in [5, 5.41) is 11.8. The number of aryl methyl sites for hydroxylation is 1. The molecule has 6 atom stereocenters. The molecule has 1 amide bonds. The van der Waals surface area contributed by atoms with E-state index in [2.05, 4.69) is 15.7 Å². The number of fused-ring (bicyclic) bond motifs is 4. The van der Waals surface area contributed by atoms with Gasteiger partial charge >= 0.3 is 0 Å². The smallest absolute Gasteiger partial charge is 0.264 e. The second-order valence-electron chi connectivity index (χ2n) is 14.1. The number of rotatable bonds is 2. The Morgan fingerprint density at radius 3 is 2.65 bits per heavy atom. The molecule has 2 heterocycles. The molecule has 2 N–H and O–H groups in total. The van der Waals surface area contributed by atoms with Gasteiger partial charge in [-0.2, -0.15) is 0 Å². The van der Waals surface area contributed by atoms with Crippen LogP contribution >= 0.6 is 11.6 Å². The number of amides is 1. The summed E-state index contributed by atoms with van der Waals surface area (Å²) < 4.78 is 60.6. The number of halogens is 1. The number of nitrogens with one attached hydrogen (secondary N) is 1. The van der Waals surface area contributed by atoms with Gasteiger partial charge in [-0.05, 0) is 105 Å². The lowest BCUT2D eigenvalue weighted by molar-refractivity contribution is -0.0288. The third kappa shape index (κ3) is 6.44. The first-order valence-electron chi connectivity index (χ1n) is 16.0. The second kappa shape index (κ2) is 12.1. The molecule has 46 heavy (non-hydrogen) atoms. The monoisotopic (exact) mass is 690 g/mol. The highest BCUT2D eigenvalue weighted by molar-refractivity contribution is 7.91. The van der Waals surface area contributed by atoms with E-state index in [0.717, 1.165) is 31.9 Å². The topological polar surface area (TPSA) is 130 Å². The number of ether oxygens (including phenoxy) is 1. The molecule has 2 aliphatic heterocycles. The Hall–Kier alpha value is -2.60. The van der Waals surface area contributed by atoms with Crippen LogP contribution in [0.3, 0.4) is 0 Å². The van der Waals surface area contributed by atoms with E-state index in [9.17, 15) is 26.7 Å². The molecule has 2 aromatic rings. The number of carbonyl (C=O) groups is 1. The van der Waals surface area contributed by atoms with E-state index in [-0.39, 0.29) is 29.2 Å². The summed E-state index contributed by atoms with van der Waals surface area (Å²) in [5.41, 5.74) is 1.25. The van der Waals surface area contributed by atoms with Crippen molar-refractivity contribution >= 4 is 43.1 Å². The van der Waals surface area contributed by atoms with Crippen molar-refractivity contribution in [1.82, 2.24) is 4.72 Å². The molecule has 1 fully saturated rings. The fraction of sp³-hybridized carbons (Fsp3) is 0.559. The Balaban J connectivity index is 1.47. The molecule has 0 saturated heterocycles. The quantitative estimate of drug-likeness (QED) is 0.436. The van der Waals surface area contributed by atoms with Crippen LogP contribution in [0.4, 0.5) is 5.69 Å². The molecular weight excluding hydrogens is 648 g/mol. The predicted molar refractivity (Wildman–Crippen MR) is 180 cm³/mol. The van der Waals surface area contributed by atoms with Gasteiger partial charge in [0.25, 0.3) is 5.91 Å². The SMILES string of the molecule is C[C@@H]1[C@@H](C)C/C=C/[C@@](O)(CS(C)(=O)=O)[C@@H]2CC[C@H]2CN2C[C@@]3(CCCc4cc(Cl)ccc43)COc3ccc(cc32)C(=O)NS1(=O)=O. The number of sulfonamides is 1. The molecule has 1 saturated carbocycles. The van der Waals surface area contributed by atoms with Gasteiger partial charge in [0.1, 0.15) is 5.75 Å². The first-order chi connectivity index (χ1) is 21.6. The lowest BCUT2D eigenvalue weighted by Gasteiger charge is -2.49. The summed E-state index contributed by atoms with van der Waals surface area (Å²) in [6.07, 6.45) is 8.90. The maximum atomic E-state index is 13.4. The standard InChI is InChI=1S/C34H43ClN2O7S2/c1-22-6-4-15-34(39,21-45(3,40)41)29-11-8-26(29)18-37-19-33(14-5-7-24-16-27(35)10-12-28(24)33)20-44-31-13-9-25(17-30(31)37)32(38)36-46(42,43)23(22)2/h4,9-10,12-13,15-17,22-23,26,29,39H,5-8,11,14,18-21H2,1-3H3,(H,36,38)/b15-4+/t22-,23+,26-,29+,33-,34+/m0/s1. The summed E-state index contributed by atoms with van der Waals surface area (Å²) in [5.74, 6) is -1.30. The maximum absolute atomic E-state index is 13.4. The van der Waals surface area contributed by atoms with Crippen LogP contribution in [0.5, 0.6) is 5.75 Å². The molecule has 12 heteroatoms. The van der Waals surface area contributed by atoms with Crippen molar-refractivity contribution in [3.8, 4) is 5.75 Å². The van der Waals surface area contributed by atoms with E-state index in [1.54, 1.807) is 44.2 Å². The fourth-order valence-corrected chi connectivity index (χ4v) is 10.6. The van der Waals surface area contributed by atoms with E-state index < -0.39 is 48.3 Å². The highest BCUT2D eigenvalue weighted by Gasteiger charge is 2.49. The number of hydrogen-bond acceptors (Lipinski definition) is 8. The number of nitrogens with zero attached hydrogens (tertiary/aromatic N) is 1. The van der Waals surface area contributed by atoms with Crippen molar-refractivity contribution in [2.45, 2.75) is 68.6 Å². The van der Waals surface area contributed by atoms with Gasteiger partial charge in [0.15, 0.2) is 9.84 Å². The van der Waals surface area contributed by atoms with Gasteiger partial charge in [-0.3, -0.25) is 4.79 Å². The van der Waals surface area contributed by atoms with Crippen LogP contribution in [-0.2, 0) is 31.7 Å². The van der Waals surface area contributed by atoms with Crippen LogP contribution in [-0.4, -0.2) is 70.4 Å². The fourth-order valence-electron chi connectivity index (χ4n) is 7.95. The minimum absolute atomic E-state index is 0.0326. The average molecular weight is 691 g/mol. The van der Waals surface area contributed by atoms with Gasteiger partial charge in [-0.1, -0.05) is 36.7 Å². The number of anilines is 1. The molecule has 1 spiro atoms. The molecule has 0 radical (unpaired) electrons. The minimum Gasteiger partial charge on any atom is -0.490 e. The average Bonchev–Trinajstić information content (AvgIpc) is 3.09. The first kappa shape index (κ1) is 33.3. The largest absolute Gasteiger partial charge is 0.490 e. The summed E-state index contributed by atoms with van der Waals surface area (Å²) in [6, 6.07) is 11.0. The summed E-state index contributed by atoms with van der Waals surface area (Å²) >= 11 is 6.39. The van der Waals surface area contributed by atoms with Crippen LogP contribution < -0.4 is 14.4 Å². The number of aliphatic hydroxyl groups is 1. The molecule has 250 valence electrons. The predicted octanol–water partition coefficient (Wildman–Crippen LogP) is 4.66. The Kier molecular flexibility index (Phi) is 8.78. The van der Waals surface area contributed by atoms with E-state index in [1.165, 1.54) is 11.1 Å². The molecule has 0 unspecified atom stereocenters. The summed E-state index contributed by atoms with van der Waals surface area (Å²) in [6.45, 7) is 4.78. The summed E-state index contributed by atoms with van der Waals surface area (Å²) in [4.78, 5) is 15.6. The molecule has 6 rings (SSSR count). The van der Waals surface area contributed by atoms with E-state index in [0.29, 0.717) is 42.6 Å². The third-order valence-corrected chi connectivity index (χ3v) is 13.9. The molecular formula is C34H43ClN2O7S2. The van der Waals surface area contributed by atoms with Crippen LogP contribution in [0.15, 0.2) is 48.6 Å². The van der Waals surface area contributed by atoms with Gasteiger partial charge in [0, 0.05) is 35.3 Å². The zero-order chi connectivity index (χ0) is 33.1. The Morgan fingerprint density at radius 2 is 1.93 bits per heavy atom. The van der Waals surface area contributed by atoms with Gasteiger partial charge in [-0.25, -0.2) is 21.6 Å². The van der Waals surface area contributed by atoms with Gasteiger partial charge in [0.05, 0.1) is 28.9 Å². The minimum atomic E-state index is -4.05. The number of hydrogen-bond donors (Lipinski definition) is 2. The summed E-state index contributed by atoms with van der Waals surface area (Å²) in [7, 11) is -7.61. The second-order valence-corrected chi connectivity index (χ2v) is 18.7.